The molecule has 0 atom stereocenters. The van der Waals surface area contributed by atoms with E-state index in [1.54, 1.807) is 31.4 Å². The molecule has 2 N–H and O–H groups in total. The van der Waals surface area contributed by atoms with E-state index in [9.17, 15) is 9.18 Å². The number of nitrogens with one attached hydrogen (secondary N) is 2. The van der Waals surface area contributed by atoms with E-state index in [1.807, 2.05) is 6.07 Å². The van der Waals surface area contributed by atoms with Gasteiger partial charge in [-0.15, -0.1) is 0 Å². The minimum atomic E-state index is -0.254. The van der Waals surface area contributed by atoms with Crippen LogP contribution in [-0.4, -0.2) is 33.2 Å². The Morgan fingerprint density at radius 1 is 1.04 bits per heavy atom. The number of carbonyl (C=O) groups excluding carboxylic acids is 1. The lowest BCUT2D eigenvalue weighted by Gasteiger charge is -2.10. The van der Waals surface area contributed by atoms with E-state index < -0.39 is 0 Å². The summed E-state index contributed by atoms with van der Waals surface area (Å²) in [5.74, 6) is 0.639. The molecule has 0 unspecified atom stereocenters. The summed E-state index contributed by atoms with van der Waals surface area (Å²) in [6.45, 7) is 1.59. The molecule has 0 saturated carbocycles. The number of hydrogen-bond donors (Lipinski definition) is 2. The van der Waals surface area contributed by atoms with E-state index in [0.29, 0.717) is 36.7 Å². The van der Waals surface area contributed by atoms with Gasteiger partial charge in [-0.3, -0.25) is 4.79 Å². The van der Waals surface area contributed by atoms with Crippen LogP contribution in [0.1, 0.15) is 15.9 Å². The fourth-order valence-corrected chi connectivity index (χ4v) is 2.22. The van der Waals surface area contributed by atoms with Gasteiger partial charge in [-0.1, -0.05) is 12.1 Å². The summed E-state index contributed by atoms with van der Waals surface area (Å²) in [4.78, 5) is 12.1. The van der Waals surface area contributed by atoms with Crippen LogP contribution in [0.4, 0.5) is 4.39 Å². The van der Waals surface area contributed by atoms with Crippen molar-refractivity contribution in [3.05, 3.63) is 59.4 Å². The van der Waals surface area contributed by atoms with Gasteiger partial charge in [0.25, 0.3) is 5.91 Å². The molecular weight excluding hydrogens is 311 g/mol. The molecule has 0 aliphatic heterocycles. The summed E-state index contributed by atoms with van der Waals surface area (Å²) in [6, 6.07) is 11.4. The quantitative estimate of drug-likeness (QED) is 0.729. The maximum atomic E-state index is 13.0. The summed E-state index contributed by atoms with van der Waals surface area (Å²) in [5, 5.41) is 5.96. The molecule has 128 valence electrons. The average Bonchev–Trinajstić information content (AvgIpc) is 2.60. The third-order valence-electron chi connectivity index (χ3n) is 3.45. The Balaban J connectivity index is 1.77. The molecule has 2 aromatic rings. The molecule has 0 spiro atoms. The fraction of sp³-hybridized carbons (Fsp3) is 0.278. The molecule has 2 rings (SSSR count). The zero-order chi connectivity index (χ0) is 17.4. The maximum Gasteiger partial charge on any atom is 0.251 e. The predicted molar refractivity (Wildman–Crippen MR) is 90.0 cm³/mol. The Hall–Kier alpha value is -2.60. The zero-order valence-electron chi connectivity index (χ0n) is 13.8. The Morgan fingerprint density at radius 3 is 2.54 bits per heavy atom. The van der Waals surface area contributed by atoms with Gasteiger partial charge in [0.2, 0.25) is 0 Å². The van der Waals surface area contributed by atoms with Gasteiger partial charge in [0.1, 0.15) is 5.82 Å². The molecule has 0 aliphatic rings. The highest BCUT2D eigenvalue weighted by molar-refractivity contribution is 5.94. The van der Waals surface area contributed by atoms with Crippen molar-refractivity contribution in [1.29, 1.82) is 0 Å². The van der Waals surface area contributed by atoms with Crippen molar-refractivity contribution in [2.24, 2.45) is 0 Å². The minimum Gasteiger partial charge on any atom is -0.493 e. The van der Waals surface area contributed by atoms with Crippen LogP contribution in [0.3, 0.4) is 0 Å². The van der Waals surface area contributed by atoms with E-state index >= 15 is 0 Å². The molecule has 0 radical (unpaired) electrons. The second-order valence-electron chi connectivity index (χ2n) is 5.13. The lowest BCUT2D eigenvalue weighted by Crippen LogP contribution is -2.31. The number of methoxy groups -OCH3 is 2. The van der Waals surface area contributed by atoms with Crippen molar-refractivity contribution in [2.75, 3.05) is 27.3 Å². The van der Waals surface area contributed by atoms with Crippen LogP contribution in [0.2, 0.25) is 0 Å². The Labute approximate surface area is 140 Å². The lowest BCUT2D eigenvalue weighted by atomic mass is 10.2. The molecule has 2 aromatic carbocycles. The number of amides is 1. The standard InChI is InChI=1S/C18H21FN2O3/c1-23-16-7-6-14(11-17(16)24-2)18(22)21-9-8-20-12-13-4-3-5-15(19)10-13/h3-7,10-11,20H,8-9,12H2,1-2H3,(H,21,22). The van der Waals surface area contributed by atoms with Gasteiger partial charge in [-0.2, -0.15) is 0 Å². The van der Waals surface area contributed by atoms with Gasteiger partial charge in [0.15, 0.2) is 11.5 Å². The van der Waals surface area contributed by atoms with Crippen LogP contribution >= 0.6 is 0 Å². The summed E-state index contributed by atoms with van der Waals surface area (Å²) in [5.41, 5.74) is 1.36. The monoisotopic (exact) mass is 332 g/mol. The van der Waals surface area contributed by atoms with E-state index in [1.165, 1.54) is 19.2 Å². The molecule has 1 amide bonds. The van der Waals surface area contributed by atoms with Crippen molar-refractivity contribution < 1.29 is 18.7 Å². The summed E-state index contributed by atoms with van der Waals surface area (Å²) >= 11 is 0. The molecule has 0 saturated heterocycles. The highest BCUT2D eigenvalue weighted by atomic mass is 19.1. The zero-order valence-corrected chi connectivity index (χ0v) is 13.8. The first-order valence-electron chi connectivity index (χ1n) is 7.59. The Bertz CT molecular complexity index is 692. The molecule has 5 nitrogen and oxygen atoms in total. The lowest BCUT2D eigenvalue weighted by molar-refractivity contribution is 0.0953. The molecule has 0 aromatic heterocycles. The third kappa shape index (κ3) is 4.96. The minimum absolute atomic E-state index is 0.191. The van der Waals surface area contributed by atoms with E-state index in [4.69, 9.17) is 9.47 Å². The van der Waals surface area contributed by atoms with Crippen molar-refractivity contribution in [3.8, 4) is 11.5 Å². The summed E-state index contributed by atoms with van der Waals surface area (Å²) in [6.07, 6.45) is 0. The van der Waals surface area contributed by atoms with Crippen LogP contribution in [-0.2, 0) is 6.54 Å². The Morgan fingerprint density at radius 2 is 1.83 bits per heavy atom. The number of carbonyl (C=O) groups is 1. The van der Waals surface area contributed by atoms with E-state index in [2.05, 4.69) is 10.6 Å². The second-order valence-corrected chi connectivity index (χ2v) is 5.13. The number of benzene rings is 2. The highest BCUT2D eigenvalue weighted by Crippen LogP contribution is 2.27. The van der Waals surface area contributed by atoms with E-state index in [0.717, 1.165) is 5.56 Å². The fourth-order valence-electron chi connectivity index (χ4n) is 2.22. The number of halogens is 1. The smallest absolute Gasteiger partial charge is 0.251 e. The molecule has 0 bridgehead atoms. The van der Waals surface area contributed by atoms with Gasteiger partial charge in [-0.25, -0.2) is 4.39 Å². The van der Waals surface area contributed by atoms with Gasteiger partial charge in [0, 0.05) is 25.2 Å². The third-order valence-corrected chi connectivity index (χ3v) is 3.45. The first-order chi connectivity index (χ1) is 11.6. The summed E-state index contributed by atoms with van der Waals surface area (Å²) in [7, 11) is 3.07. The number of rotatable bonds is 8. The van der Waals surface area contributed by atoms with Crippen molar-refractivity contribution >= 4 is 5.91 Å². The predicted octanol–water partition coefficient (Wildman–Crippen LogP) is 2.36. The van der Waals surface area contributed by atoms with Gasteiger partial charge < -0.3 is 20.1 Å². The first kappa shape index (κ1) is 17.7. The topological polar surface area (TPSA) is 59.6 Å². The molecule has 0 fully saturated rings. The Kier molecular flexibility index (Phi) is 6.57. The number of hydrogen-bond acceptors (Lipinski definition) is 4. The van der Waals surface area contributed by atoms with Crippen LogP contribution in [0.25, 0.3) is 0 Å². The van der Waals surface area contributed by atoms with Gasteiger partial charge >= 0.3 is 0 Å². The first-order valence-corrected chi connectivity index (χ1v) is 7.59. The second kappa shape index (κ2) is 8.88. The molecule has 0 heterocycles. The summed E-state index contributed by atoms with van der Waals surface area (Å²) < 4.78 is 23.4. The maximum absolute atomic E-state index is 13.0. The van der Waals surface area contributed by atoms with Crippen molar-refractivity contribution in [3.63, 3.8) is 0 Å². The largest absolute Gasteiger partial charge is 0.493 e. The normalized spacial score (nSPS) is 10.3. The van der Waals surface area contributed by atoms with Crippen LogP contribution in [0, 0.1) is 5.82 Å². The van der Waals surface area contributed by atoms with Crippen LogP contribution in [0.5, 0.6) is 11.5 Å². The van der Waals surface area contributed by atoms with Crippen molar-refractivity contribution in [2.45, 2.75) is 6.54 Å². The SMILES string of the molecule is COc1ccc(C(=O)NCCNCc2cccc(F)c2)cc1OC. The van der Waals surface area contributed by atoms with Gasteiger partial charge in [-0.05, 0) is 35.9 Å². The van der Waals surface area contributed by atoms with Gasteiger partial charge in [0.05, 0.1) is 14.2 Å². The van der Waals surface area contributed by atoms with E-state index in [-0.39, 0.29) is 11.7 Å². The molecule has 24 heavy (non-hydrogen) atoms. The van der Waals surface area contributed by atoms with Crippen molar-refractivity contribution in [1.82, 2.24) is 10.6 Å². The molecular formula is C18H21FN2O3. The molecule has 0 aliphatic carbocycles. The average molecular weight is 332 g/mol. The molecule has 6 heteroatoms. The number of ether oxygens (including phenoxy) is 2. The van der Waals surface area contributed by atoms with Crippen LogP contribution in [0.15, 0.2) is 42.5 Å². The van der Waals surface area contributed by atoms with Crippen LogP contribution < -0.4 is 20.1 Å². The highest BCUT2D eigenvalue weighted by Gasteiger charge is 2.10.